The van der Waals surface area contributed by atoms with Crippen LogP contribution < -0.4 is 5.73 Å². The molecule has 104 valence electrons. The van der Waals surface area contributed by atoms with Crippen LogP contribution in [0.2, 0.25) is 0 Å². The van der Waals surface area contributed by atoms with Crippen molar-refractivity contribution in [2.24, 2.45) is 5.16 Å². The number of nitrogens with zero attached hydrogens (tertiary/aromatic N) is 2. The van der Waals surface area contributed by atoms with E-state index in [0.29, 0.717) is 10.8 Å². The van der Waals surface area contributed by atoms with Gasteiger partial charge in [0.1, 0.15) is 11.8 Å². The van der Waals surface area contributed by atoms with E-state index in [1.54, 1.807) is 12.3 Å². The lowest BCUT2D eigenvalue weighted by Gasteiger charge is -2.08. The summed E-state index contributed by atoms with van der Waals surface area (Å²) in [5.74, 6) is -0.536. The number of thiazole rings is 1. The zero-order valence-corrected chi connectivity index (χ0v) is 11.6. The van der Waals surface area contributed by atoms with Crippen molar-refractivity contribution in [3.63, 3.8) is 0 Å². The molecule has 2 N–H and O–H groups in total. The van der Waals surface area contributed by atoms with Crippen molar-refractivity contribution in [1.82, 2.24) is 4.98 Å². The fourth-order valence-corrected chi connectivity index (χ4v) is 2.45. The average Bonchev–Trinajstić information content (AvgIpc) is 3.02. The Morgan fingerprint density at radius 1 is 1.58 bits per heavy atom. The minimum atomic E-state index is -0.536. The first kappa shape index (κ1) is 13.8. The van der Waals surface area contributed by atoms with E-state index in [1.165, 1.54) is 11.3 Å². The van der Waals surface area contributed by atoms with Crippen LogP contribution in [-0.4, -0.2) is 29.4 Å². The van der Waals surface area contributed by atoms with Crippen LogP contribution in [0.25, 0.3) is 0 Å². The molecule has 1 aromatic heterocycles. The summed E-state index contributed by atoms with van der Waals surface area (Å²) in [6.45, 7) is 2.02. The maximum atomic E-state index is 11.8. The van der Waals surface area contributed by atoms with Crippen LogP contribution in [0.3, 0.4) is 0 Å². The molecule has 0 aliphatic heterocycles. The third-order valence-corrected chi connectivity index (χ3v) is 3.50. The Morgan fingerprint density at radius 3 is 2.89 bits per heavy atom. The van der Waals surface area contributed by atoms with Crippen molar-refractivity contribution in [1.29, 1.82) is 0 Å². The van der Waals surface area contributed by atoms with Crippen LogP contribution in [0.4, 0.5) is 5.13 Å². The van der Waals surface area contributed by atoms with Crippen LogP contribution in [0.15, 0.2) is 10.5 Å². The van der Waals surface area contributed by atoms with Crippen LogP contribution in [0, 0.1) is 0 Å². The first-order valence-electron chi connectivity index (χ1n) is 6.33. The number of nitrogen functional groups attached to an aromatic ring is 1. The fourth-order valence-electron chi connectivity index (χ4n) is 1.91. The minimum absolute atomic E-state index is 0.0837. The SMILES string of the molecule is CCOC(=O)C(=NOC1CCCC1)c1csc(N)n1. The Kier molecular flexibility index (Phi) is 4.73. The van der Waals surface area contributed by atoms with E-state index in [4.69, 9.17) is 15.3 Å². The lowest BCUT2D eigenvalue weighted by atomic mass is 10.3. The van der Waals surface area contributed by atoms with Crippen LogP contribution in [-0.2, 0) is 14.4 Å². The molecular weight excluding hydrogens is 266 g/mol. The van der Waals surface area contributed by atoms with E-state index in [-0.39, 0.29) is 18.4 Å². The second-order valence-corrected chi connectivity index (χ2v) is 5.13. The summed E-state index contributed by atoms with van der Waals surface area (Å²) in [6.07, 6.45) is 4.30. The molecule has 0 atom stereocenters. The normalized spacial score (nSPS) is 16.6. The number of carbonyl (C=O) groups excluding carboxylic acids is 1. The fraction of sp³-hybridized carbons (Fsp3) is 0.583. The number of hydrogen-bond donors (Lipinski definition) is 1. The number of carbonyl (C=O) groups is 1. The molecular formula is C12H17N3O3S. The van der Waals surface area contributed by atoms with Crippen molar-refractivity contribution < 1.29 is 14.4 Å². The number of ether oxygens (including phenoxy) is 1. The van der Waals surface area contributed by atoms with Crippen molar-refractivity contribution in [2.75, 3.05) is 12.3 Å². The Morgan fingerprint density at radius 2 is 2.32 bits per heavy atom. The zero-order chi connectivity index (χ0) is 13.7. The first-order valence-corrected chi connectivity index (χ1v) is 7.21. The number of oxime groups is 1. The summed E-state index contributed by atoms with van der Waals surface area (Å²) in [5, 5.41) is 5.99. The second kappa shape index (κ2) is 6.51. The molecule has 0 aromatic carbocycles. The highest BCUT2D eigenvalue weighted by molar-refractivity contribution is 7.13. The van der Waals surface area contributed by atoms with Crippen LogP contribution >= 0.6 is 11.3 Å². The number of anilines is 1. The highest BCUT2D eigenvalue weighted by Crippen LogP contribution is 2.21. The molecule has 0 saturated heterocycles. The minimum Gasteiger partial charge on any atom is -0.461 e. The Hall–Kier alpha value is -1.63. The topological polar surface area (TPSA) is 86.8 Å². The number of hydrogen-bond acceptors (Lipinski definition) is 7. The Labute approximate surface area is 115 Å². The summed E-state index contributed by atoms with van der Waals surface area (Å²) in [5.41, 5.74) is 6.05. The number of rotatable bonds is 5. The molecule has 0 amide bonds. The molecule has 1 aliphatic rings. The molecule has 1 heterocycles. The number of aromatic nitrogens is 1. The van der Waals surface area contributed by atoms with Gasteiger partial charge in [0.2, 0.25) is 5.71 Å². The monoisotopic (exact) mass is 283 g/mol. The third kappa shape index (κ3) is 3.66. The maximum Gasteiger partial charge on any atom is 0.362 e. The highest BCUT2D eigenvalue weighted by atomic mass is 32.1. The van der Waals surface area contributed by atoms with Crippen LogP contribution in [0.1, 0.15) is 38.3 Å². The number of nitrogens with two attached hydrogens (primary N) is 1. The average molecular weight is 283 g/mol. The van der Waals surface area contributed by atoms with E-state index in [2.05, 4.69) is 10.1 Å². The van der Waals surface area contributed by atoms with Crippen molar-refractivity contribution in [3.05, 3.63) is 11.1 Å². The van der Waals surface area contributed by atoms with Crippen LogP contribution in [0.5, 0.6) is 0 Å². The molecule has 6 nitrogen and oxygen atoms in total. The molecule has 1 aromatic rings. The van der Waals surface area contributed by atoms with E-state index in [9.17, 15) is 4.79 Å². The maximum absolute atomic E-state index is 11.8. The van der Waals surface area contributed by atoms with Gasteiger partial charge in [-0.1, -0.05) is 5.16 Å². The summed E-state index contributed by atoms with van der Waals surface area (Å²) >= 11 is 1.25. The standard InChI is InChI=1S/C12H17N3O3S/c1-2-17-11(16)10(9-7-19-12(13)14-9)15-18-8-5-3-4-6-8/h7-8H,2-6H2,1H3,(H2,13,14). The molecule has 1 aliphatic carbocycles. The van der Waals surface area contributed by atoms with E-state index in [1.807, 2.05) is 0 Å². The first-order chi connectivity index (χ1) is 9.20. The highest BCUT2D eigenvalue weighted by Gasteiger charge is 2.22. The van der Waals surface area contributed by atoms with Gasteiger partial charge >= 0.3 is 5.97 Å². The quantitative estimate of drug-likeness (QED) is 0.507. The lowest BCUT2D eigenvalue weighted by Crippen LogP contribution is -2.20. The van der Waals surface area contributed by atoms with Gasteiger partial charge in [0.25, 0.3) is 0 Å². The van der Waals surface area contributed by atoms with Gasteiger partial charge in [0.15, 0.2) is 5.13 Å². The molecule has 0 spiro atoms. The van der Waals surface area contributed by atoms with Gasteiger partial charge in [-0.2, -0.15) is 0 Å². The lowest BCUT2D eigenvalue weighted by molar-refractivity contribution is -0.135. The molecule has 19 heavy (non-hydrogen) atoms. The predicted octanol–water partition coefficient (Wildman–Crippen LogP) is 1.95. The van der Waals surface area contributed by atoms with Gasteiger partial charge in [-0.25, -0.2) is 9.78 Å². The zero-order valence-electron chi connectivity index (χ0n) is 10.8. The molecule has 1 saturated carbocycles. The molecule has 0 unspecified atom stereocenters. The van der Waals surface area contributed by atoms with Crippen molar-refractivity contribution in [2.45, 2.75) is 38.7 Å². The third-order valence-electron chi connectivity index (χ3n) is 2.83. The largest absolute Gasteiger partial charge is 0.461 e. The van der Waals surface area contributed by atoms with Gasteiger partial charge in [0, 0.05) is 5.38 Å². The van der Waals surface area contributed by atoms with E-state index < -0.39 is 5.97 Å². The van der Waals surface area contributed by atoms with E-state index in [0.717, 1.165) is 25.7 Å². The summed E-state index contributed by atoms with van der Waals surface area (Å²) in [7, 11) is 0. The predicted molar refractivity (Wildman–Crippen MR) is 73.0 cm³/mol. The van der Waals surface area contributed by atoms with Gasteiger partial charge in [-0.15, -0.1) is 11.3 Å². The van der Waals surface area contributed by atoms with E-state index >= 15 is 0 Å². The summed E-state index contributed by atoms with van der Waals surface area (Å²) < 4.78 is 4.96. The van der Waals surface area contributed by atoms with Gasteiger partial charge in [-0.05, 0) is 32.6 Å². The molecule has 1 fully saturated rings. The number of esters is 1. The Bertz CT molecular complexity index is 467. The molecule has 0 bridgehead atoms. The molecule has 2 rings (SSSR count). The van der Waals surface area contributed by atoms with Crippen molar-refractivity contribution in [3.8, 4) is 0 Å². The smallest absolute Gasteiger partial charge is 0.362 e. The molecule has 7 heteroatoms. The van der Waals surface area contributed by atoms with Gasteiger partial charge < -0.3 is 15.3 Å². The van der Waals surface area contributed by atoms with Gasteiger partial charge in [0.05, 0.1) is 6.61 Å². The van der Waals surface area contributed by atoms with Crippen molar-refractivity contribution >= 4 is 28.1 Å². The Balaban J connectivity index is 2.13. The molecule has 0 radical (unpaired) electrons. The summed E-state index contributed by atoms with van der Waals surface area (Å²) in [6, 6.07) is 0. The second-order valence-electron chi connectivity index (χ2n) is 4.24. The van der Waals surface area contributed by atoms with Gasteiger partial charge in [-0.3, -0.25) is 0 Å². The summed E-state index contributed by atoms with van der Waals surface area (Å²) in [4.78, 5) is 21.3.